The van der Waals surface area contributed by atoms with Crippen LogP contribution in [0.3, 0.4) is 0 Å². The molecule has 18 heavy (non-hydrogen) atoms. The molecule has 1 N–H and O–H groups in total. The van der Waals surface area contributed by atoms with Crippen molar-refractivity contribution in [1.82, 2.24) is 4.98 Å². The van der Waals surface area contributed by atoms with Crippen molar-refractivity contribution in [2.24, 2.45) is 0 Å². The van der Waals surface area contributed by atoms with Gasteiger partial charge in [-0.2, -0.15) is 0 Å². The van der Waals surface area contributed by atoms with Crippen LogP contribution in [0.1, 0.15) is 0 Å². The van der Waals surface area contributed by atoms with Crippen molar-refractivity contribution in [3.63, 3.8) is 0 Å². The molecule has 0 amide bonds. The number of phenolic OH excluding ortho intramolecular Hbond substituents is 1. The Morgan fingerprint density at radius 2 is 1.89 bits per heavy atom. The average molecular weight is 385 g/mol. The van der Waals surface area contributed by atoms with Crippen LogP contribution in [-0.2, 0) is 0 Å². The number of aromatic nitrogens is 1. The van der Waals surface area contributed by atoms with E-state index in [9.17, 15) is 5.11 Å². The molecule has 0 fully saturated rings. The van der Waals surface area contributed by atoms with Gasteiger partial charge in [0.2, 0.25) is 0 Å². The maximum Gasteiger partial charge on any atom is 0.129 e. The Labute approximate surface area is 125 Å². The lowest BCUT2D eigenvalue weighted by Crippen LogP contribution is -1.81. The van der Waals surface area contributed by atoms with Gasteiger partial charge in [-0.15, -0.1) is 11.3 Å². The van der Waals surface area contributed by atoms with E-state index in [0.29, 0.717) is 0 Å². The molecule has 90 valence electrons. The van der Waals surface area contributed by atoms with Gasteiger partial charge in [0.15, 0.2) is 0 Å². The molecular formula is C13H7Br2NOS. The number of rotatable bonds is 1. The second-order valence-electron chi connectivity index (χ2n) is 3.77. The summed E-state index contributed by atoms with van der Waals surface area (Å²) < 4.78 is 2.77. The molecule has 0 aliphatic rings. The van der Waals surface area contributed by atoms with Gasteiger partial charge in [0, 0.05) is 8.95 Å². The number of thiazole rings is 1. The van der Waals surface area contributed by atoms with Gasteiger partial charge in [0.25, 0.3) is 0 Å². The van der Waals surface area contributed by atoms with E-state index in [1.54, 1.807) is 17.4 Å². The molecule has 0 aliphatic carbocycles. The number of aromatic hydroxyl groups is 1. The van der Waals surface area contributed by atoms with Gasteiger partial charge in [-0.25, -0.2) is 4.98 Å². The Kier molecular flexibility index (Phi) is 3.13. The van der Waals surface area contributed by atoms with Crippen molar-refractivity contribution in [3.8, 4) is 16.3 Å². The van der Waals surface area contributed by atoms with E-state index in [0.717, 1.165) is 29.7 Å². The van der Waals surface area contributed by atoms with Crippen molar-refractivity contribution in [1.29, 1.82) is 0 Å². The lowest BCUT2D eigenvalue weighted by Gasteiger charge is -2.04. The summed E-state index contributed by atoms with van der Waals surface area (Å²) in [5.74, 6) is 0.218. The highest BCUT2D eigenvalue weighted by Crippen LogP contribution is 2.41. The number of hydrogen-bond acceptors (Lipinski definition) is 3. The molecule has 0 atom stereocenters. The predicted molar refractivity (Wildman–Crippen MR) is 82.1 cm³/mol. The summed E-state index contributed by atoms with van der Waals surface area (Å²) in [6, 6.07) is 11.5. The summed E-state index contributed by atoms with van der Waals surface area (Å²) in [4.78, 5) is 4.55. The SMILES string of the molecule is Oc1cc(Br)cc(Br)c1-c1nc2ccccc2s1. The van der Waals surface area contributed by atoms with Gasteiger partial charge in [-0.05, 0) is 40.2 Å². The van der Waals surface area contributed by atoms with Crippen molar-refractivity contribution < 1.29 is 5.11 Å². The summed E-state index contributed by atoms with van der Waals surface area (Å²) in [6.45, 7) is 0. The third-order valence-electron chi connectivity index (χ3n) is 2.54. The van der Waals surface area contributed by atoms with Crippen LogP contribution in [0.25, 0.3) is 20.8 Å². The van der Waals surface area contributed by atoms with E-state index in [1.807, 2.05) is 30.3 Å². The van der Waals surface area contributed by atoms with Crippen LogP contribution in [0.4, 0.5) is 0 Å². The zero-order chi connectivity index (χ0) is 12.7. The molecule has 0 radical (unpaired) electrons. The number of para-hydroxylation sites is 1. The standard InChI is InChI=1S/C13H7Br2NOS/c14-7-5-8(15)12(10(17)6-7)13-16-9-3-1-2-4-11(9)18-13/h1-6,17H. The molecule has 2 nitrogen and oxygen atoms in total. The third-order valence-corrected chi connectivity index (χ3v) is 4.68. The van der Waals surface area contributed by atoms with Gasteiger partial charge in [-0.1, -0.05) is 28.1 Å². The minimum absolute atomic E-state index is 0.218. The van der Waals surface area contributed by atoms with Crippen LogP contribution >= 0.6 is 43.2 Å². The number of nitrogens with zero attached hydrogens (tertiary/aromatic N) is 1. The third kappa shape index (κ3) is 2.06. The molecule has 3 aromatic rings. The smallest absolute Gasteiger partial charge is 0.129 e. The van der Waals surface area contributed by atoms with Gasteiger partial charge in [0.1, 0.15) is 10.8 Å². The summed E-state index contributed by atoms with van der Waals surface area (Å²) in [5.41, 5.74) is 1.69. The van der Waals surface area contributed by atoms with E-state index >= 15 is 0 Å². The van der Waals surface area contributed by atoms with Crippen molar-refractivity contribution in [2.45, 2.75) is 0 Å². The Hall–Kier alpha value is -0.910. The first-order valence-corrected chi connectivity index (χ1v) is 7.59. The van der Waals surface area contributed by atoms with Gasteiger partial charge in [-0.3, -0.25) is 0 Å². The monoisotopic (exact) mass is 383 g/mol. The lowest BCUT2D eigenvalue weighted by molar-refractivity contribution is 0.476. The van der Waals surface area contributed by atoms with E-state index in [-0.39, 0.29) is 5.75 Å². The highest BCUT2D eigenvalue weighted by atomic mass is 79.9. The Bertz CT molecular complexity index is 683. The Balaban J connectivity index is 2.26. The Morgan fingerprint density at radius 1 is 1.11 bits per heavy atom. The zero-order valence-corrected chi connectivity index (χ0v) is 13.0. The molecule has 0 saturated carbocycles. The van der Waals surface area contributed by atoms with Crippen molar-refractivity contribution in [3.05, 3.63) is 45.3 Å². The molecule has 2 aromatic carbocycles. The molecule has 0 saturated heterocycles. The molecule has 0 spiro atoms. The molecule has 1 heterocycles. The fourth-order valence-corrected chi connectivity index (χ4v) is 4.31. The van der Waals surface area contributed by atoms with Crippen LogP contribution in [0.15, 0.2) is 45.3 Å². The average Bonchev–Trinajstić information content (AvgIpc) is 2.70. The number of phenols is 1. The largest absolute Gasteiger partial charge is 0.507 e. The molecule has 1 aromatic heterocycles. The fourth-order valence-electron chi connectivity index (χ4n) is 1.75. The van der Waals surface area contributed by atoms with E-state index in [4.69, 9.17) is 0 Å². The number of fused-ring (bicyclic) bond motifs is 1. The van der Waals surface area contributed by atoms with Crippen LogP contribution in [0.2, 0.25) is 0 Å². The van der Waals surface area contributed by atoms with Crippen LogP contribution in [0, 0.1) is 0 Å². The van der Waals surface area contributed by atoms with Crippen LogP contribution < -0.4 is 0 Å². The first-order chi connectivity index (χ1) is 8.65. The lowest BCUT2D eigenvalue weighted by atomic mass is 10.2. The van der Waals surface area contributed by atoms with Crippen LogP contribution in [0.5, 0.6) is 5.75 Å². The number of benzene rings is 2. The highest BCUT2D eigenvalue weighted by Gasteiger charge is 2.14. The molecule has 0 unspecified atom stereocenters. The number of hydrogen-bond donors (Lipinski definition) is 1. The maximum absolute atomic E-state index is 10.1. The molecule has 3 rings (SSSR count). The van der Waals surface area contributed by atoms with Gasteiger partial charge < -0.3 is 5.11 Å². The van der Waals surface area contributed by atoms with Gasteiger partial charge in [0.05, 0.1) is 15.8 Å². The minimum Gasteiger partial charge on any atom is -0.507 e. The summed E-state index contributed by atoms with van der Waals surface area (Å²) >= 11 is 8.38. The minimum atomic E-state index is 0.218. The van der Waals surface area contributed by atoms with E-state index in [2.05, 4.69) is 36.8 Å². The second kappa shape index (κ2) is 4.64. The number of halogens is 2. The Morgan fingerprint density at radius 3 is 2.61 bits per heavy atom. The van der Waals surface area contributed by atoms with E-state index < -0.39 is 0 Å². The summed E-state index contributed by atoms with van der Waals surface area (Å²) in [7, 11) is 0. The normalized spacial score (nSPS) is 11.0. The summed E-state index contributed by atoms with van der Waals surface area (Å²) in [5, 5.41) is 10.9. The van der Waals surface area contributed by atoms with E-state index in [1.165, 1.54) is 0 Å². The molecule has 0 aliphatic heterocycles. The predicted octanol–water partition coefficient (Wildman–Crippen LogP) is 5.19. The van der Waals surface area contributed by atoms with Crippen LogP contribution in [-0.4, -0.2) is 10.1 Å². The molecule has 0 bridgehead atoms. The quantitative estimate of drug-likeness (QED) is 0.625. The first kappa shape index (κ1) is 12.1. The first-order valence-electron chi connectivity index (χ1n) is 5.19. The van der Waals surface area contributed by atoms with Crippen molar-refractivity contribution in [2.75, 3.05) is 0 Å². The fraction of sp³-hybridized carbons (Fsp3) is 0. The topological polar surface area (TPSA) is 33.1 Å². The highest BCUT2D eigenvalue weighted by molar-refractivity contribution is 9.11. The summed E-state index contributed by atoms with van der Waals surface area (Å²) in [6.07, 6.45) is 0. The van der Waals surface area contributed by atoms with Gasteiger partial charge >= 0.3 is 0 Å². The molecule has 5 heteroatoms. The van der Waals surface area contributed by atoms with Crippen molar-refractivity contribution >= 4 is 53.4 Å². The second-order valence-corrected chi connectivity index (χ2v) is 6.57. The maximum atomic E-state index is 10.1. The molecular weight excluding hydrogens is 378 g/mol. The zero-order valence-electron chi connectivity index (χ0n) is 9.02.